The zero-order valence-electron chi connectivity index (χ0n) is 14.2. The van der Waals surface area contributed by atoms with Crippen LogP contribution < -0.4 is 15.5 Å². The number of hydrogen-bond donors (Lipinski definition) is 2. The van der Waals surface area contributed by atoms with Crippen LogP contribution in [0.3, 0.4) is 0 Å². The number of hydrogen-bond acceptors (Lipinski definition) is 2. The third kappa shape index (κ3) is 3.02. The standard InChI is InChI=1S/C19H25N3OS/c1-12-4-7-15(11-17(12)22-8-2-3-18(22)23)20-19(24)21-16-10-13-5-6-14(16)9-13/h4,7,11,13-14,16H,2-3,5-6,8-10H2,1H3,(H2,20,21,24)/t13-,14-,16+/m0/s1. The summed E-state index contributed by atoms with van der Waals surface area (Å²) in [5.41, 5.74) is 3.09. The molecule has 3 aliphatic rings. The summed E-state index contributed by atoms with van der Waals surface area (Å²) < 4.78 is 0. The van der Waals surface area contributed by atoms with Crippen molar-refractivity contribution in [3.8, 4) is 0 Å². The van der Waals surface area contributed by atoms with Crippen molar-refractivity contribution in [2.24, 2.45) is 11.8 Å². The fraction of sp³-hybridized carbons (Fsp3) is 0.579. The van der Waals surface area contributed by atoms with Gasteiger partial charge in [-0.15, -0.1) is 0 Å². The first-order chi connectivity index (χ1) is 11.6. The molecule has 4 rings (SSSR count). The van der Waals surface area contributed by atoms with Crippen LogP contribution in [0.4, 0.5) is 11.4 Å². The lowest BCUT2D eigenvalue weighted by molar-refractivity contribution is -0.117. The molecule has 2 saturated carbocycles. The van der Waals surface area contributed by atoms with Gasteiger partial charge < -0.3 is 15.5 Å². The number of rotatable bonds is 3. The van der Waals surface area contributed by atoms with Crippen molar-refractivity contribution in [3.05, 3.63) is 23.8 Å². The summed E-state index contributed by atoms with van der Waals surface area (Å²) in [6, 6.07) is 6.68. The summed E-state index contributed by atoms with van der Waals surface area (Å²) in [6.07, 6.45) is 6.96. The van der Waals surface area contributed by atoms with Gasteiger partial charge in [-0.05, 0) is 74.4 Å². The molecule has 2 N–H and O–H groups in total. The second kappa shape index (κ2) is 6.36. The maximum absolute atomic E-state index is 12.0. The van der Waals surface area contributed by atoms with Crippen molar-refractivity contribution in [2.45, 2.75) is 51.5 Å². The van der Waals surface area contributed by atoms with Crippen LogP contribution in [0.2, 0.25) is 0 Å². The third-order valence-electron chi connectivity index (χ3n) is 5.89. The molecule has 4 nitrogen and oxygen atoms in total. The Kier molecular flexibility index (Phi) is 4.21. The van der Waals surface area contributed by atoms with E-state index >= 15 is 0 Å². The first kappa shape index (κ1) is 15.9. The van der Waals surface area contributed by atoms with Crippen molar-refractivity contribution in [3.63, 3.8) is 0 Å². The SMILES string of the molecule is Cc1ccc(NC(=S)N[C@@H]2C[C@H]3CC[C@H]2C3)cc1N1CCCC1=O. The minimum absolute atomic E-state index is 0.220. The Hall–Kier alpha value is -1.62. The van der Waals surface area contributed by atoms with Gasteiger partial charge in [0.05, 0.1) is 0 Å². The lowest BCUT2D eigenvalue weighted by Crippen LogP contribution is -2.40. The number of benzene rings is 1. The van der Waals surface area contributed by atoms with Gasteiger partial charge >= 0.3 is 0 Å². The fourth-order valence-electron chi connectivity index (χ4n) is 4.64. The predicted octanol–water partition coefficient (Wildman–Crippen LogP) is 3.60. The monoisotopic (exact) mass is 343 g/mol. The van der Waals surface area contributed by atoms with E-state index in [2.05, 4.69) is 23.6 Å². The summed E-state index contributed by atoms with van der Waals surface area (Å²) >= 11 is 5.52. The Morgan fingerprint density at radius 3 is 2.83 bits per heavy atom. The molecule has 2 aliphatic carbocycles. The first-order valence-corrected chi connectivity index (χ1v) is 9.49. The third-order valence-corrected chi connectivity index (χ3v) is 6.11. The second-order valence-electron chi connectivity index (χ2n) is 7.53. The Balaban J connectivity index is 1.42. The number of carbonyl (C=O) groups is 1. The van der Waals surface area contributed by atoms with Crippen LogP contribution in [0.25, 0.3) is 0 Å². The van der Waals surface area contributed by atoms with E-state index < -0.39 is 0 Å². The van der Waals surface area contributed by atoms with Gasteiger partial charge in [-0.1, -0.05) is 12.5 Å². The van der Waals surface area contributed by atoms with Gasteiger partial charge in [0.25, 0.3) is 0 Å². The number of thiocarbonyl (C=S) groups is 1. The molecule has 1 aromatic rings. The minimum atomic E-state index is 0.220. The molecular weight excluding hydrogens is 318 g/mol. The van der Waals surface area contributed by atoms with Crippen LogP contribution in [-0.4, -0.2) is 23.6 Å². The molecule has 1 aliphatic heterocycles. The van der Waals surface area contributed by atoms with E-state index in [0.29, 0.717) is 17.6 Å². The highest BCUT2D eigenvalue weighted by molar-refractivity contribution is 7.80. The van der Waals surface area contributed by atoms with Gasteiger partial charge in [-0.25, -0.2) is 0 Å². The van der Waals surface area contributed by atoms with Crippen molar-refractivity contribution in [1.82, 2.24) is 5.32 Å². The number of anilines is 2. The number of fused-ring (bicyclic) bond motifs is 2. The quantitative estimate of drug-likeness (QED) is 0.823. The highest BCUT2D eigenvalue weighted by atomic mass is 32.1. The molecular formula is C19H25N3OS. The summed E-state index contributed by atoms with van der Waals surface area (Å²) in [4.78, 5) is 13.9. The summed E-state index contributed by atoms with van der Waals surface area (Å²) in [5, 5.41) is 7.53. The lowest BCUT2D eigenvalue weighted by atomic mass is 9.96. The van der Waals surface area contributed by atoms with Gasteiger partial charge in [0.1, 0.15) is 0 Å². The summed E-state index contributed by atoms with van der Waals surface area (Å²) in [5.74, 6) is 1.92. The normalized spacial score (nSPS) is 28.5. The summed E-state index contributed by atoms with van der Waals surface area (Å²) in [7, 11) is 0. The Labute approximate surface area is 149 Å². The van der Waals surface area contributed by atoms with Gasteiger partial charge in [-0.3, -0.25) is 4.79 Å². The molecule has 0 radical (unpaired) electrons. The molecule has 5 heteroatoms. The molecule has 128 valence electrons. The smallest absolute Gasteiger partial charge is 0.227 e. The lowest BCUT2D eigenvalue weighted by Gasteiger charge is -2.25. The molecule has 0 unspecified atom stereocenters. The largest absolute Gasteiger partial charge is 0.359 e. The zero-order chi connectivity index (χ0) is 16.7. The molecule has 1 saturated heterocycles. The molecule has 1 amide bonds. The molecule has 2 bridgehead atoms. The number of aryl methyl sites for hydroxylation is 1. The number of nitrogens with one attached hydrogen (secondary N) is 2. The fourth-order valence-corrected chi connectivity index (χ4v) is 4.91. The Morgan fingerprint density at radius 1 is 1.29 bits per heavy atom. The molecule has 1 heterocycles. The summed E-state index contributed by atoms with van der Waals surface area (Å²) in [6.45, 7) is 2.87. The maximum atomic E-state index is 12.0. The average molecular weight is 343 g/mol. The van der Waals surface area contributed by atoms with Crippen LogP contribution in [0.15, 0.2) is 18.2 Å². The maximum Gasteiger partial charge on any atom is 0.227 e. The molecule has 0 aromatic heterocycles. The Bertz CT molecular complexity index is 675. The van der Waals surface area contributed by atoms with Gasteiger partial charge in [-0.2, -0.15) is 0 Å². The molecule has 0 spiro atoms. The second-order valence-corrected chi connectivity index (χ2v) is 7.94. The van der Waals surface area contributed by atoms with Crippen LogP contribution >= 0.6 is 12.2 Å². The molecule has 3 atom stereocenters. The van der Waals surface area contributed by atoms with E-state index in [1.54, 1.807) is 0 Å². The van der Waals surface area contributed by atoms with Gasteiger partial charge in [0.2, 0.25) is 5.91 Å². The topological polar surface area (TPSA) is 44.4 Å². The highest BCUT2D eigenvalue weighted by Crippen LogP contribution is 2.44. The van der Waals surface area contributed by atoms with Crippen LogP contribution in [-0.2, 0) is 4.79 Å². The number of carbonyl (C=O) groups excluding carboxylic acids is 1. The minimum Gasteiger partial charge on any atom is -0.359 e. The number of amides is 1. The van der Waals surface area contributed by atoms with Crippen molar-refractivity contribution in [2.75, 3.05) is 16.8 Å². The van der Waals surface area contributed by atoms with Crippen LogP contribution in [0.1, 0.15) is 44.1 Å². The van der Waals surface area contributed by atoms with Gasteiger partial charge in [0.15, 0.2) is 5.11 Å². The zero-order valence-corrected chi connectivity index (χ0v) is 15.0. The molecule has 1 aromatic carbocycles. The average Bonchev–Trinajstić information content (AvgIpc) is 3.26. The van der Waals surface area contributed by atoms with Crippen molar-refractivity contribution >= 4 is 34.6 Å². The van der Waals surface area contributed by atoms with E-state index in [0.717, 1.165) is 41.7 Å². The van der Waals surface area contributed by atoms with Gasteiger partial charge in [0, 0.05) is 30.4 Å². The number of nitrogens with zero attached hydrogens (tertiary/aromatic N) is 1. The van der Waals surface area contributed by atoms with E-state index in [1.165, 1.54) is 25.7 Å². The van der Waals surface area contributed by atoms with E-state index in [4.69, 9.17) is 12.2 Å². The van der Waals surface area contributed by atoms with E-state index in [9.17, 15) is 4.79 Å². The predicted molar refractivity (Wildman–Crippen MR) is 101 cm³/mol. The Morgan fingerprint density at radius 2 is 2.17 bits per heavy atom. The van der Waals surface area contributed by atoms with E-state index in [1.807, 2.05) is 17.0 Å². The molecule has 24 heavy (non-hydrogen) atoms. The molecule has 3 fully saturated rings. The van der Waals surface area contributed by atoms with Crippen molar-refractivity contribution < 1.29 is 4.79 Å². The first-order valence-electron chi connectivity index (χ1n) is 9.08. The highest BCUT2D eigenvalue weighted by Gasteiger charge is 2.39. The van der Waals surface area contributed by atoms with E-state index in [-0.39, 0.29) is 5.91 Å². The van der Waals surface area contributed by atoms with Crippen molar-refractivity contribution in [1.29, 1.82) is 0 Å². The van der Waals surface area contributed by atoms with Crippen LogP contribution in [0.5, 0.6) is 0 Å². The van der Waals surface area contributed by atoms with Crippen LogP contribution in [0, 0.1) is 18.8 Å².